The van der Waals surface area contributed by atoms with Crippen LogP contribution < -0.4 is 4.72 Å². The van der Waals surface area contributed by atoms with Gasteiger partial charge in [0.1, 0.15) is 5.82 Å². The van der Waals surface area contributed by atoms with E-state index in [0.29, 0.717) is 9.80 Å². The Morgan fingerprint density at radius 2 is 1.75 bits per heavy atom. The number of hydrogen-bond acceptors (Lipinski definition) is 2. The van der Waals surface area contributed by atoms with Gasteiger partial charge in [-0.05, 0) is 35.9 Å². The van der Waals surface area contributed by atoms with Crippen LogP contribution in [0.15, 0.2) is 51.8 Å². The summed E-state index contributed by atoms with van der Waals surface area (Å²) < 4.78 is 40.7. The molecule has 0 spiro atoms. The second-order valence-electron chi connectivity index (χ2n) is 4.01. The molecule has 0 aliphatic heterocycles. The third kappa shape index (κ3) is 3.59. The van der Waals surface area contributed by atoms with Crippen LogP contribution in [0.25, 0.3) is 0 Å². The molecule has 0 fully saturated rings. The van der Waals surface area contributed by atoms with Gasteiger partial charge in [0.15, 0.2) is 0 Å². The van der Waals surface area contributed by atoms with Crippen LogP contribution in [0, 0.1) is 5.82 Å². The maximum Gasteiger partial charge on any atom is 0.261 e. The summed E-state index contributed by atoms with van der Waals surface area (Å²) in [6.45, 7) is 0. The second kappa shape index (κ2) is 6.24. The molecule has 0 saturated heterocycles. The van der Waals surface area contributed by atoms with Gasteiger partial charge in [-0.2, -0.15) is 0 Å². The lowest BCUT2D eigenvalue weighted by atomic mass is 10.2. The van der Waals surface area contributed by atoms with Crippen molar-refractivity contribution in [3.05, 3.63) is 58.3 Å². The zero-order chi connectivity index (χ0) is 14.8. The zero-order valence-electron chi connectivity index (χ0n) is 10.1. The highest BCUT2D eigenvalue weighted by atomic mass is 79.9. The molecule has 2 aromatic carbocycles. The molecular formula is C13H10Br2FNO2S. The lowest BCUT2D eigenvalue weighted by Gasteiger charge is -2.09. The SMILES string of the molecule is O=S(=O)(Nc1cc(Br)ccc1F)c1ccc(CBr)cc1. The Labute approximate surface area is 133 Å². The maximum absolute atomic E-state index is 13.6. The summed E-state index contributed by atoms with van der Waals surface area (Å²) in [4.78, 5) is 0.0848. The summed E-state index contributed by atoms with van der Waals surface area (Å²) >= 11 is 6.46. The highest BCUT2D eigenvalue weighted by Crippen LogP contribution is 2.23. The molecular weight excluding hydrogens is 413 g/mol. The van der Waals surface area contributed by atoms with Crippen molar-refractivity contribution >= 4 is 47.6 Å². The predicted molar refractivity (Wildman–Crippen MR) is 84.0 cm³/mol. The molecule has 1 N–H and O–H groups in total. The molecule has 20 heavy (non-hydrogen) atoms. The lowest BCUT2D eigenvalue weighted by Crippen LogP contribution is -2.14. The minimum absolute atomic E-state index is 0.0848. The molecule has 0 radical (unpaired) electrons. The number of anilines is 1. The minimum Gasteiger partial charge on any atom is -0.277 e. The third-order valence-electron chi connectivity index (χ3n) is 2.56. The van der Waals surface area contributed by atoms with E-state index in [4.69, 9.17) is 0 Å². The molecule has 0 aliphatic rings. The van der Waals surface area contributed by atoms with Crippen LogP contribution in [-0.4, -0.2) is 8.42 Å². The Kier molecular flexibility index (Phi) is 4.82. The Balaban J connectivity index is 2.32. The summed E-state index contributed by atoms with van der Waals surface area (Å²) in [5.41, 5.74) is 0.863. The van der Waals surface area contributed by atoms with Crippen molar-refractivity contribution in [3.8, 4) is 0 Å². The van der Waals surface area contributed by atoms with E-state index in [2.05, 4.69) is 36.6 Å². The molecule has 7 heteroatoms. The van der Waals surface area contributed by atoms with Gasteiger partial charge in [-0.25, -0.2) is 12.8 Å². The van der Waals surface area contributed by atoms with E-state index < -0.39 is 15.8 Å². The van der Waals surface area contributed by atoms with Crippen LogP contribution in [0.5, 0.6) is 0 Å². The molecule has 0 amide bonds. The quantitative estimate of drug-likeness (QED) is 0.747. The molecule has 2 rings (SSSR count). The van der Waals surface area contributed by atoms with Crippen LogP contribution in [0.4, 0.5) is 10.1 Å². The van der Waals surface area contributed by atoms with Crippen molar-refractivity contribution in [2.75, 3.05) is 4.72 Å². The van der Waals surface area contributed by atoms with E-state index >= 15 is 0 Å². The van der Waals surface area contributed by atoms with Gasteiger partial charge in [-0.3, -0.25) is 4.72 Å². The largest absolute Gasteiger partial charge is 0.277 e. The van der Waals surface area contributed by atoms with E-state index in [1.165, 1.54) is 30.3 Å². The number of benzene rings is 2. The van der Waals surface area contributed by atoms with Crippen molar-refractivity contribution in [1.82, 2.24) is 0 Å². The number of halogens is 3. The summed E-state index contributed by atoms with van der Waals surface area (Å²) in [5, 5.41) is 0.640. The molecule has 0 unspecified atom stereocenters. The number of hydrogen-bond donors (Lipinski definition) is 1. The lowest BCUT2D eigenvalue weighted by molar-refractivity contribution is 0.598. The summed E-state index contributed by atoms with van der Waals surface area (Å²) in [5.74, 6) is -0.631. The summed E-state index contributed by atoms with van der Waals surface area (Å²) in [6, 6.07) is 10.4. The van der Waals surface area contributed by atoms with Crippen molar-refractivity contribution in [3.63, 3.8) is 0 Å². The molecule has 0 aromatic heterocycles. The highest BCUT2D eigenvalue weighted by Gasteiger charge is 2.16. The minimum atomic E-state index is -3.80. The van der Waals surface area contributed by atoms with Gasteiger partial charge < -0.3 is 0 Å². The van der Waals surface area contributed by atoms with E-state index in [0.717, 1.165) is 5.56 Å². The van der Waals surface area contributed by atoms with Crippen LogP contribution in [0.3, 0.4) is 0 Å². The normalized spacial score (nSPS) is 11.3. The first-order valence-electron chi connectivity index (χ1n) is 5.55. The number of alkyl halides is 1. The van der Waals surface area contributed by atoms with Gasteiger partial charge in [-0.15, -0.1) is 0 Å². The van der Waals surface area contributed by atoms with Crippen LogP contribution in [0.1, 0.15) is 5.56 Å². The number of sulfonamides is 1. The third-order valence-corrected chi connectivity index (χ3v) is 5.08. The molecule has 0 aliphatic carbocycles. The van der Waals surface area contributed by atoms with Gasteiger partial charge >= 0.3 is 0 Å². The number of nitrogens with one attached hydrogen (secondary N) is 1. The second-order valence-corrected chi connectivity index (χ2v) is 7.17. The van der Waals surface area contributed by atoms with Crippen molar-refractivity contribution in [1.29, 1.82) is 0 Å². The Bertz CT molecular complexity index is 718. The molecule has 0 saturated carbocycles. The average molecular weight is 423 g/mol. The maximum atomic E-state index is 13.6. The fourth-order valence-electron chi connectivity index (χ4n) is 1.54. The Hall–Kier alpha value is -0.920. The molecule has 0 atom stereocenters. The highest BCUT2D eigenvalue weighted by molar-refractivity contribution is 9.10. The van der Waals surface area contributed by atoms with Gasteiger partial charge in [0.05, 0.1) is 10.6 Å². The average Bonchev–Trinajstić information content (AvgIpc) is 2.43. The van der Waals surface area contributed by atoms with Gasteiger partial charge in [0.2, 0.25) is 0 Å². The Morgan fingerprint density at radius 1 is 1.10 bits per heavy atom. The topological polar surface area (TPSA) is 46.2 Å². The number of rotatable bonds is 4. The first-order chi connectivity index (χ1) is 9.42. The van der Waals surface area contributed by atoms with Gasteiger partial charge in [0.25, 0.3) is 10.0 Å². The zero-order valence-corrected chi connectivity index (χ0v) is 14.1. The van der Waals surface area contributed by atoms with Gasteiger partial charge in [0, 0.05) is 9.80 Å². The van der Waals surface area contributed by atoms with Crippen molar-refractivity contribution in [2.45, 2.75) is 10.2 Å². The molecule has 3 nitrogen and oxygen atoms in total. The predicted octanol–water partition coefficient (Wildman–Crippen LogP) is 4.28. The Morgan fingerprint density at radius 3 is 2.35 bits per heavy atom. The summed E-state index contributed by atoms with van der Waals surface area (Å²) in [6.07, 6.45) is 0. The smallest absolute Gasteiger partial charge is 0.261 e. The molecule has 106 valence electrons. The first-order valence-corrected chi connectivity index (χ1v) is 8.95. The van der Waals surface area contributed by atoms with Crippen LogP contribution >= 0.6 is 31.9 Å². The van der Waals surface area contributed by atoms with E-state index in [9.17, 15) is 12.8 Å². The van der Waals surface area contributed by atoms with Crippen LogP contribution in [-0.2, 0) is 15.4 Å². The fraction of sp³-hybridized carbons (Fsp3) is 0.0769. The molecule has 2 aromatic rings. The molecule has 0 heterocycles. The van der Waals surface area contributed by atoms with Crippen molar-refractivity contribution < 1.29 is 12.8 Å². The van der Waals surface area contributed by atoms with Crippen molar-refractivity contribution in [2.24, 2.45) is 0 Å². The van der Waals surface area contributed by atoms with E-state index in [1.807, 2.05) is 0 Å². The molecule has 0 bridgehead atoms. The van der Waals surface area contributed by atoms with Crippen LogP contribution in [0.2, 0.25) is 0 Å². The van der Waals surface area contributed by atoms with Gasteiger partial charge in [-0.1, -0.05) is 44.0 Å². The standard InChI is InChI=1S/C13H10Br2FNO2S/c14-8-9-1-4-11(5-2-9)20(18,19)17-13-7-10(15)3-6-12(13)16/h1-7,17H,8H2. The fourth-order valence-corrected chi connectivity index (χ4v) is 3.33. The van der Waals surface area contributed by atoms with E-state index in [-0.39, 0.29) is 10.6 Å². The monoisotopic (exact) mass is 421 g/mol. The first kappa shape index (κ1) is 15.5. The summed E-state index contributed by atoms with van der Waals surface area (Å²) in [7, 11) is -3.80. The van der Waals surface area contributed by atoms with E-state index in [1.54, 1.807) is 12.1 Å².